The number of nitrogens with one attached hydrogen (secondary N) is 2. The van der Waals surface area contributed by atoms with E-state index < -0.39 is 23.5 Å². The number of fused-ring (bicyclic) bond motifs is 1. The number of anilines is 2. The number of benzene rings is 1. The summed E-state index contributed by atoms with van der Waals surface area (Å²) < 4.78 is 15.4. The molecule has 0 aliphatic carbocycles. The molecule has 3 atom stereocenters. The van der Waals surface area contributed by atoms with Gasteiger partial charge in [0.15, 0.2) is 0 Å². The van der Waals surface area contributed by atoms with Gasteiger partial charge >= 0.3 is 0 Å². The van der Waals surface area contributed by atoms with E-state index in [-0.39, 0.29) is 30.8 Å². The van der Waals surface area contributed by atoms with Crippen LogP contribution in [0, 0.1) is 0 Å². The molecular weight excluding hydrogens is 425 g/mol. The van der Waals surface area contributed by atoms with Gasteiger partial charge in [0.2, 0.25) is 17.7 Å². The fraction of sp³-hybridized carbons (Fsp3) is 0.625. The first kappa shape index (κ1) is 22.3. The summed E-state index contributed by atoms with van der Waals surface area (Å²) in [5.41, 5.74) is 1.54. The third kappa shape index (κ3) is 3.71. The number of imide groups is 1. The van der Waals surface area contributed by atoms with Gasteiger partial charge in [-0.25, -0.2) is 4.39 Å². The van der Waals surface area contributed by atoms with E-state index in [9.17, 15) is 14.4 Å². The van der Waals surface area contributed by atoms with Crippen molar-refractivity contribution in [2.75, 3.05) is 49.1 Å². The molecule has 3 amide bonds. The van der Waals surface area contributed by atoms with E-state index in [0.717, 1.165) is 43.9 Å². The Labute approximate surface area is 193 Å². The predicted octanol–water partition coefficient (Wildman–Crippen LogP) is 0.938. The predicted molar refractivity (Wildman–Crippen MR) is 123 cm³/mol. The van der Waals surface area contributed by atoms with Crippen LogP contribution in [0.5, 0.6) is 0 Å². The first-order chi connectivity index (χ1) is 15.8. The van der Waals surface area contributed by atoms with E-state index in [1.165, 1.54) is 0 Å². The number of piperidine rings is 2. The summed E-state index contributed by atoms with van der Waals surface area (Å²) in [6, 6.07) is 4.90. The summed E-state index contributed by atoms with van der Waals surface area (Å²) in [5.74, 6) is -0.904. The molecule has 0 radical (unpaired) electrons. The van der Waals surface area contributed by atoms with Gasteiger partial charge in [0.05, 0.1) is 17.6 Å². The Morgan fingerprint density at radius 1 is 1.03 bits per heavy atom. The van der Waals surface area contributed by atoms with Gasteiger partial charge in [0, 0.05) is 56.4 Å². The van der Waals surface area contributed by atoms with Crippen molar-refractivity contribution < 1.29 is 18.8 Å². The molecule has 0 bridgehead atoms. The zero-order valence-electron chi connectivity index (χ0n) is 19.3. The molecule has 4 heterocycles. The van der Waals surface area contributed by atoms with E-state index in [2.05, 4.69) is 20.4 Å². The molecule has 33 heavy (non-hydrogen) atoms. The highest BCUT2D eigenvalue weighted by atomic mass is 19.1. The van der Waals surface area contributed by atoms with Crippen molar-refractivity contribution in [3.8, 4) is 0 Å². The zero-order valence-corrected chi connectivity index (χ0v) is 19.3. The van der Waals surface area contributed by atoms with Gasteiger partial charge in [0.1, 0.15) is 12.2 Å². The molecule has 2 N–H and O–H groups in total. The van der Waals surface area contributed by atoms with Crippen molar-refractivity contribution in [2.45, 2.75) is 56.8 Å². The highest BCUT2D eigenvalue weighted by Gasteiger charge is 2.51. The van der Waals surface area contributed by atoms with E-state index in [4.69, 9.17) is 0 Å². The Morgan fingerprint density at radius 3 is 2.45 bits per heavy atom. The summed E-state index contributed by atoms with van der Waals surface area (Å²) >= 11 is 0. The molecule has 4 aliphatic heterocycles. The molecular formula is C24H32FN5O3. The van der Waals surface area contributed by atoms with Crippen LogP contribution in [0.15, 0.2) is 18.2 Å². The van der Waals surface area contributed by atoms with Crippen LogP contribution in [-0.4, -0.2) is 80.1 Å². The molecule has 1 unspecified atom stereocenters. The highest BCUT2D eigenvalue weighted by Crippen LogP contribution is 2.48. The van der Waals surface area contributed by atoms with Gasteiger partial charge in [-0.1, -0.05) is 6.07 Å². The first-order valence-electron chi connectivity index (χ1n) is 11.9. The first-order valence-corrected chi connectivity index (χ1v) is 11.9. The zero-order chi connectivity index (χ0) is 23.3. The molecule has 0 saturated carbocycles. The van der Waals surface area contributed by atoms with E-state index in [1.54, 1.807) is 4.90 Å². The molecule has 4 aliphatic rings. The molecule has 3 saturated heterocycles. The minimum atomic E-state index is -0.973. The summed E-state index contributed by atoms with van der Waals surface area (Å²) in [5, 5.41) is 5.69. The maximum absolute atomic E-state index is 15.4. The average Bonchev–Trinajstić information content (AvgIpc) is 3.00. The van der Waals surface area contributed by atoms with Crippen LogP contribution in [0.2, 0.25) is 0 Å². The monoisotopic (exact) mass is 457 g/mol. The third-order valence-electron chi connectivity index (χ3n) is 7.65. The SMILES string of the molecule is CC1(C)C(=O)N(C2CCC(=O)NC2=O)c2cccc(N3CC[C@@H](N4CCNCC4)[C@@H](F)C3)c21. The largest absolute Gasteiger partial charge is 0.368 e. The molecule has 1 aromatic carbocycles. The number of alkyl halides is 1. The maximum Gasteiger partial charge on any atom is 0.249 e. The van der Waals surface area contributed by atoms with Crippen LogP contribution >= 0.6 is 0 Å². The number of halogens is 1. The number of piperazine rings is 1. The van der Waals surface area contributed by atoms with Crippen molar-refractivity contribution in [3.63, 3.8) is 0 Å². The number of amides is 3. The lowest BCUT2D eigenvalue weighted by atomic mass is 9.84. The Hall–Kier alpha value is -2.52. The summed E-state index contributed by atoms with van der Waals surface area (Å²) in [6.45, 7) is 8.26. The second-order valence-corrected chi connectivity index (χ2v) is 10.0. The van der Waals surface area contributed by atoms with Crippen molar-refractivity contribution >= 4 is 29.1 Å². The molecule has 0 aromatic heterocycles. The van der Waals surface area contributed by atoms with E-state index >= 15 is 4.39 Å². The second kappa shape index (κ2) is 8.36. The summed E-state index contributed by atoms with van der Waals surface area (Å²) in [4.78, 5) is 43.6. The van der Waals surface area contributed by atoms with Gasteiger partial charge in [-0.3, -0.25) is 29.5 Å². The quantitative estimate of drug-likeness (QED) is 0.658. The molecule has 5 rings (SSSR count). The lowest BCUT2D eigenvalue weighted by Gasteiger charge is -2.43. The van der Waals surface area contributed by atoms with Crippen LogP contribution in [0.1, 0.15) is 38.7 Å². The van der Waals surface area contributed by atoms with E-state index in [1.807, 2.05) is 32.0 Å². The second-order valence-electron chi connectivity index (χ2n) is 10.0. The van der Waals surface area contributed by atoms with Gasteiger partial charge in [0.25, 0.3) is 0 Å². The number of hydrogen-bond donors (Lipinski definition) is 2. The number of nitrogens with zero attached hydrogens (tertiary/aromatic N) is 3. The number of rotatable bonds is 3. The van der Waals surface area contributed by atoms with Crippen LogP contribution in [0.25, 0.3) is 0 Å². The van der Waals surface area contributed by atoms with Crippen LogP contribution < -0.4 is 20.4 Å². The van der Waals surface area contributed by atoms with Crippen LogP contribution in [0.3, 0.4) is 0 Å². The summed E-state index contributed by atoms with van der Waals surface area (Å²) in [6.07, 6.45) is 0.271. The Kier molecular flexibility index (Phi) is 5.64. The number of hydrogen-bond acceptors (Lipinski definition) is 6. The van der Waals surface area contributed by atoms with Crippen molar-refractivity contribution in [2.24, 2.45) is 0 Å². The third-order valence-corrected chi connectivity index (χ3v) is 7.65. The normalized spacial score (nSPS) is 30.4. The molecule has 9 heteroatoms. The molecule has 3 fully saturated rings. The Morgan fingerprint density at radius 2 is 1.76 bits per heavy atom. The lowest BCUT2D eigenvalue weighted by molar-refractivity contribution is -0.136. The van der Waals surface area contributed by atoms with Gasteiger partial charge in [-0.05, 0) is 38.8 Å². The van der Waals surface area contributed by atoms with Crippen LogP contribution in [0.4, 0.5) is 15.8 Å². The molecule has 178 valence electrons. The van der Waals surface area contributed by atoms with E-state index in [0.29, 0.717) is 18.7 Å². The minimum Gasteiger partial charge on any atom is -0.368 e. The number of carbonyl (C=O) groups excluding carboxylic acids is 3. The maximum atomic E-state index is 15.4. The molecule has 0 spiro atoms. The van der Waals surface area contributed by atoms with Gasteiger partial charge in [-0.2, -0.15) is 0 Å². The fourth-order valence-corrected chi connectivity index (χ4v) is 5.92. The standard InChI is InChI=1S/C24H32FN5O3/c1-24(2)21-17(29-11-8-16(15(25)14-29)28-12-9-26-10-13-28)4-3-5-18(21)30(23(24)33)19-6-7-20(31)27-22(19)32/h3-5,15-16,19,26H,6-14H2,1-2H3,(H,27,31,32)/t15-,16+,19?/m0/s1. The average molecular weight is 458 g/mol. The molecule has 8 nitrogen and oxygen atoms in total. The molecule has 1 aromatic rings. The van der Waals surface area contributed by atoms with Crippen molar-refractivity contribution in [3.05, 3.63) is 23.8 Å². The Bertz CT molecular complexity index is 977. The fourth-order valence-electron chi connectivity index (χ4n) is 5.92. The number of carbonyl (C=O) groups is 3. The summed E-state index contributed by atoms with van der Waals surface area (Å²) in [7, 11) is 0. The lowest BCUT2D eigenvalue weighted by Crippen LogP contribution is -2.57. The smallest absolute Gasteiger partial charge is 0.249 e. The van der Waals surface area contributed by atoms with Crippen molar-refractivity contribution in [1.29, 1.82) is 0 Å². The minimum absolute atomic E-state index is 0.0743. The van der Waals surface area contributed by atoms with Crippen molar-refractivity contribution in [1.82, 2.24) is 15.5 Å². The Balaban J connectivity index is 1.43. The van der Waals surface area contributed by atoms with Gasteiger partial charge < -0.3 is 10.2 Å². The van der Waals surface area contributed by atoms with Crippen LogP contribution in [-0.2, 0) is 19.8 Å². The van der Waals surface area contributed by atoms with Gasteiger partial charge in [-0.15, -0.1) is 0 Å². The highest BCUT2D eigenvalue weighted by molar-refractivity contribution is 6.14. The topological polar surface area (TPSA) is 85.0 Å².